The van der Waals surface area contributed by atoms with Crippen LogP contribution >= 0.6 is 0 Å². The Bertz CT molecular complexity index is 1030. The Labute approximate surface area is 190 Å². The van der Waals surface area contributed by atoms with Crippen LogP contribution in [0.4, 0.5) is 0 Å². The summed E-state index contributed by atoms with van der Waals surface area (Å²) in [5, 5.41) is 0. The first-order valence-electron chi connectivity index (χ1n) is 10.9. The highest BCUT2D eigenvalue weighted by Crippen LogP contribution is 2.16. The van der Waals surface area contributed by atoms with Gasteiger partial charge in [0, 0.05) is 37.6 Å². The lowest BCUT2D eigenvalue weighted by molar-refractivity contribution is -0.133. The molecule has 0 saturated carbocycles. The molecule has 0 aliphatic carbocycles. The van der Waals surface area contributed by atoms with Crippen LogP contribution in [0.25, 0.3) is 0 Å². The third-order valence-corrected chi connectivity index (χ3v) is 5.40. The number of rotatable bonds is 10. The van der Waals surface area contributed by atoms with E-state index in [-0.39, 0.29) is 18.4 Å². The maximum absolute atomic E-state index is 13.4. The molecule has 3 rings (SSSR count). The molecule has 0 atom stereocenters. The zero-order valence-corrected chi connectivity index (χ0v) is 19.0. The number of benzene rings is 2. The van der Waals surface area contributed by atoms with Crippen LogP contribution in [0.15, 0.2) is 72.9 Å². The summed E-state index contributed by atoms with van der Waals surface area (Å²) in [6, 6.07) is 20.9. The van der Waals surface area contributed by atoms with Gasteiger partial charge in [-0.1, -0.05) is 43.3 Å². The molecule has 0 radical (unpaired) electrons. The predicted octanol–water partition coefficient (Wildman–Crippen LogP) is 4.11. The molecule has 0 aliphatic rings. The number of nitrogens with zero attached hydrogens (tertiary/aromatic N) is 3. The summed E-state index contributed by atoms with van der Waals surface area (Å²) in [6.07, 6.45) is 2.73. The molecule has 0 unspecified atom stereocenters. The standard InChI is InChI=1S/C26H31N3O3/c1-4-15-28(26(31)22-12-8-14-24(17-22)32-3)20-25(30)29(18-21-10-6-5-7-11-21)19-23-13-9-16-27(23)2/h5-14,16-17H,4,15,18-20H2,1-3H3. The van der Waals surface area contributed by atoms with E-state index in [1.54, 1.807) is 36.3 Å². The van der Waals surface area contributed by atoms with Gasteiger partial charge in [-0.05, 0) is 42.3 Å². The molecular formula is C26H31N3O3. The van der Waals surface area contributed by atoms with Crippen LogP contribution in [0.3, 0.4) is 0 Å². The van der Waals surface area contributed by atoms with E-state index in [4.69, 9.17) is 4.74 Å². The quantitative estimate of drug-likeness (QED) is 0.483. The molecule has 6 nitrogen and oxygen atoms in total. The Balaban J connectivity index is 1.80. The largest absolute Gasteiger partial charge is 0.497 e. The van der Waals surface area contributed by atoms with Gasteiger partial charge >= 0.3 is 0 Å². The molecule has 6 heteroatoms. The lowest BCUT2D eigenvalue weighted by Gasteiger charge is -2.28. The van der Waals surface area contributed by atoms with E-state index >= 15 is 0 Å². The molecule has 32 heavy (non-hydrogen) atoms. The van der Waals surface area contributed by atoms with Gasteiger partial charge in [0.15, 0.2) is 0 Å². The minimum Gasteiger partial charge on any atom is -0.497 e. The normalized spacial score (nSPS) is 10.6. The fraction of sp³-hybridized carbons (Fsp3) is 0.308. The number of carbonyl (C=O) groups excluding carboxylic acids is 2. The number of amides is 2. The predicted molar refractivity (Wildman–Crippen MR) is 125 cm³/mol. The van der Waals surface area contributed by atoms with Crippen molar-refractivity contribution in [1.82, 2.24) is 14.4 Å². The van der Waals surface area contributed by atoms with Gasteiger partial charge in [0.05, 0.1) is 13.7 Å². The van der Waals surface area contributed by atoms with E-state index in [9.17, 15) is 9.59 Å². The van der Waals surface area contributed by atoms with E-state index in [1.165, 1.54) is 0 Å². The smallest absolute Gasteiger partial charge is 0.254 e. The average molecular weight is 434 g/mol. The summed E-state index contributed by atoms with van der Waals surface area (Å²) in [4.78, 5) is 30.1. The fourth-order valence-electron chi connectivity index (χ4n) is 3.62. The second-order valence-electron chi connectivity index (χ2n) is 7.80. The minimum absolute atomic E-state index is 0.0289. The number of carbonyl (C=O) groups is 2. The molecule has 2 amide bonds. The third-order valence-electron chi connectivity index (χ3n) is 5.40. The van der Waals surface area contributed by atoms with E-state index in [2.05, 4.69) is 0 Å². The number of hydrogen-bond donors (Lipinski definition) is 0. The summed E-state index contributed by atoms with van der Waals surface area (Å²) in [7, 11) is 3.54. The number of hydrogen-bond acceptors (Lipinski definition) is 3. The molecule has 3 aromatic rings. The van der Waals surface area contributed by atoms with Crippen LogP contribution in [0.1, 0.15) is 35.0 Å². The summed E-state index contributed by atoms with van der Waals surface area (Å²) < 4.78 is 7.26. The molecular weight excluding hydrogens is 402 g/mol. The second kappa shape index (κ2) is 11.2. The maximum Gasteiger partial charge on any atom is 0.254 e. The summed E-state index contributed by atoms with van der Waals surface area (Å²) in [6.45, 7) is 3.50. The Morgan fingerprint density at radius 3 is 2.38 bits per heavy atom. The Morgan fingerprint density at radius 2 is 1.72 bits per heavy atom. The number of methoxy groups -OCH3 is 1. The van der Waals surface area contributed by atoms with Gasteiger partial charge < -0.3 is 19.1 Å². The average Bonchev–Trinajstić information content (AvgIpc) is 3.22. The third kappa shape index (κ3) is 6.00. The van der Waals surface area contributed by atoms with Gasteiger partial charge in [-0.25, -0.2) is 0 Å². The highest BCUT2D eigenvalue weighted by Gasteiger charge is 2.23. The molecule has 0 bridgehead atoms. The van der Waals surface area contributed by atoms with Gasteiger partial charge in [0.25, 0.3) is 5.91 Å². The topological polar surface area (TPSA) is 54.8 Å². The van der Waals surface area contributed by atoms with Gasteiger partial charge in [-0.2, -0.15) is 0 Å². The van der Waals surface area contributed by atoms with Gasteiger partial charge in [0.1, 0.15) is 12.3 Å². The molecule has 0 fully saturated rings. The molecule has 2 aromatic carbocycles. The van der Waals surface area contributed by atoms with Crippen molar-refractivity contribution in [3.8, 4) is 5.75 Å². The minimum atomic E-state index is -0.169. The Morgan fingerprint density at radius 1 is 0.938 bits per heavy atom. The highest BCUT2D eigenvalue weighted by molar-refractivity contribution is 5.96. The molecule has 1 heterocycles. The van der Waals surface area contributed by atoms with E-state index in [0.717, 1.165) is 17.7 Å². The highest BCUT2D eigenvalue weighted by atomic mass is 16.5. The first kappa shape index (κ1) is 23.1. The lowest BCUT2D eigenvalue weighted by Crippen LogP contribution is -2.43. The van der Waals surface area contributed by atoms with E-state index in [1.807, 2.05) is 72.1 Å². The van der Waals surface area contributed by atoms with Crippen LogP contribution < -0.4 is 4.74 Å². The lowest BCUT2D eigenvalue weighted by atomic mass is 10.1. The number of ether oxygens (including phenoxy) is 1. The first-order valence-corrected chi connectivity index (χ1v) is 10.9. The van der Waals surface area contributed by atoms with E-state index in [0.29, 0.717) is 30.9 Å². The van der Waals surface area contributed by atoms with Crippen molar-refractivity contribution in [1.29, 1.82) is 0 Å². The summed E-state index contributed by atoms with van der Waals surface area (Å²) in [5.41, 5.74) is 2.61. The number of aryl methyl sites for hydroxylation is 1. The molecule has 0 saturated heterocycles. The monoisotopic (exact) mass is 433 g/mol. The van der Waals surface area contributed by atoms with Crippen LogP contribution in [0.2, 0.25) is 0 Å². The van der Waals surface area contributed by atoms with Crippen LogP contribution in [0, 0.1) is 0 Å². The Kier molecular flexibility index (Phi) is 8.08. The molecule has 0 N–H and O–H groups in total. The second-order valence-corrected chi connectivity index (χ2v) is 7.80. The van der Waals surface area contributed by atoms with Gasteiger partial charge in [-0.3, -0.25) is 9.59 Å². The van der Waals surface area contributed by atoms with Crippen molar-refractivity contribution in [3.05, 3.63) is 89.7 Å². The van der Waals surface area contributed by atoms with Gasteiger partial charge in [-0.15, -0.1) is 0 Å². The van der Waals surface area contributed by atoms with Crippen LogP contribution in [0.5, 0.6) is 5.75 Å². The Hall–Kier alpha value is -3.54. The summed E-state index contributed by atoms with van der Waals surface area (Å²) >= 11 is 0. The SMILES string of the molecule is CCCN(CC(=O)N(Cc1ccccc1)Cc1cccn1C)C(=O)c1cccc(OC)c1. The van der Waals surface area contributed by atoms with Crippen molar-refractivity contribution in [2.24, 2.45) is 7.05 Å². The number of aromatic nitrogens is 1. The van der Waals surface area contributed by atoms with Crippen molar-refractivity contribution < 1.29 is 14.3 Å². The zero-order valence-electron chi connectivity index (χ0n) is 19.0. The van der Waals surface area contributed by atoms with E-state index < -0.39 is 0 Å². The molecule has 168 valence electrons. The molecule has 0 aliphatic heterocycles. The fourth-order valence-corrected chi connectivity index (χ4v) is 3.62. The van der Waals surface area contributed by atoms with Gasteiger partial charge in [0.2, 0.25) is 5.91 Å². The molecule has 0 spiro atoms. The van der Waals surface area contributed by atoms with Crippen LogP contribution in [-0.2, 0) is 24.9 Å². The maximum atomic E-state index is 13.4. The van der Waals surface area contributed by atoms with Crippen molar-refractivity contribution >= 4 is 11.8 Å². The van der Waals surface area contributed by atoms with Crippen molar-refractivity contribution in [3.63, 3.8) is 0 Å². The first-order chi connectivity index (χ1) is 15.5. The molecule has 1 aromatic heterocycles. The van der Waals surface area contributed by atoms with Crippen molar-refractivity contribution in [2.45, 2.75) is 26.4 Å². The summed E-state index contributed by atoms with van der Waals surface area (Å²) in [5.74, 6) is 0.366. The zero-order chi connectivity index (χ0) is 22.9. The van der Waals surface area contributed by atoms with Crippen LogP contribution in [-0.4, -0.2) is 46.4 Å². The van der Waals surface area contributed by atoms with Crippen molar-refractivity contribution in [2.75, 3.05) is 20.2 Å².